The minimum Gasteiger partial charge on any atom is -0.0616 e. The SMILES string of the molecule is Cc1cc2ccccc2c2cccc(Br)c12. The van der Waals surface area contributed by atoms with Gasteiger partial charge in [0.25, 0.3) is 0 Å². The van der Waals surface area contributed by atoms with Crippen LogP contribution in [0.25, 0.3) is 21.5 Å². The number of hydrogen-bond acceptors (Lipinski definition) is 0. The minimum absolute atomic E-state index is 1.17. The molecule has 0 spiro atoms. The summed E-state index contributed by atoms with van der Waals surface area (Å²) >= 11 is 3.63. The van der Waals surface area contributed by atoms with Crippen LogP contribution < -0.4 is 0 Å². The van der Waals surface area contributed by atoms with E-state index in [0.717, 1.165) is 0 Å². The first-order chi connectivity index (χ1) is 7.77. The summed E-state index contributed by atoms with van der Waals surface area (Å²) in [4.78, 5) is 0. The van der Waals surface area contributed by atoms with Crippen molar-refractivity contribution >= 4 is 37.5 Å². The Bertz CT molecular complexity index is 683. The Kier molecular flexibility index (Phi) is 2.22. The third kappa shape index (κ3) is 1.35. The average Bonchev–Trinajstić information content (AvgIpc) is 2.29. The van der Waals surface area contributed by atoms with Gasteiger partial charge in [-0.2, -0.15) is 0 Å². The molecule has 0 saturated heterocycles. The molecule has 3 aromatic carbocycles. The number of rotatable bonds is 0. The summed E-state index contributed by atoms with van der Waals surface area (Å²) < 4.78 is 1.17. The zero-order chi connectivity index (χ0) is 11.1. The lowest BCUT2D eigenvalue weighted by molar-refractivity contribution is 1.54. The topological polar surface area (TPSA) is 0 Å². The van der Waals surface area contributed by atoms with Crippen LogP contribution in [-0.4, -0.2) is 0 Å². The summed E-state index contributed by atoms with van der Waals surface area (Å²) in [5.41, 5.74) is 1.32. The Morgan fingerprint density at radius 1 is 0.875 bits per heavy atom. The zero-order valence-corrected chi connectivity index (χ0v) is 10.6. The number of halogens is 1. The molecule has 0 aliphatic rings. The third-order valence-electron chi connectivity index (χ3n) is 3.03. The molecular formula is C15H11Br. The highest BCUT2D eigenvalue weighted by Crippen LogP contribution is 2.32. The highest BCUT2D eigenvalue weighted by Gasteiger charge is 2.05. The molecule has 3 aromatic rings. The van der Waals surface area contributed by atoms with Gasteiger partial charge in [-0.3, -0.25) is 0 Å². The summed E-state index contributed by atoms with van der Waals surface area (Å²) in [6, 6.07) is 17.2. The minimum atomic E-state index is 1.17. The smallest absolute Gasteiger partial charge is 0.0256 e. The maximum absolute atomic E-state index is 3.63. The van der Waals surface area contributed by atoms with Crippen LogP contribution in [0.3, 0.4) is 0 Å². The molecule has 0 heterocycles. The number of benzene rings is 3. The standard InChI is InChI=1S/C15H11Br/c1-10-9-11-5-2-3-6-12(11)13-7-4-8-14(16)15(10)13/h2-9H,1H3. The van der Waals surface area contributed by atoms with Crippen LogP contribution in [0, 0.1) is 6.92 Å². The van der Waals surface area contributed by atoms with Crippen molar-refractivity contribution in [1.82, 2.24) is 0 Å². The molecule has 0 amide bonds. The normalized spacial score (nSPS) is 11.1. The first kappa shape index (κ1) is 9.86. The quantitative estimate of drug-likeness (QED) is 0.501. The summed E-state index contributed by atoms with van der Waals surface area (Å²) in [5.74, 6) is 0. The van der Waals surface area contributed by atoms with E-state index in [0.29, 0.717) is 0 Å². The molecule has 0 bridgehead atoms. The highest BCUT2D eigenvalue weighted by atomic mass is 79.9. The van der Waals surface area contributed by atoms with Gasteiger partial charge in [-0.15, -0.1) is 0 Å². The van der Waals surface area contributed by atoms with Gasteiger partial charge in [0, 0.05) is 4.47 Å². The maximum atomic E-state index is 3.63. The van der Waals surface area contributed by atoms with Crippen molar-refractivity contribution in [1.29, 1.82) is 0 Å². The molecule has 0 N–H and O–H groups in total. The summed E-state index contributed by atoms with van der Waals surface area (Å²) in [5, 5.41) is 5.28. The fourth-order valence-corrected chi connectivity index (χ4v) is 3.00. The summed E-state index contributed by atoms with van der Waals surface area (Å²) in [6.45, 7) is 2.17. The Morgan fingerprint density at radius 2 is 1.62 bits per heavy atom. The van der Waals surface area contributed by atoms with Crippen LogP contribution in [0.15, 0.2) is 53.0 Å². The first-order valence-electron chi connectivity index (χ1n) is 5.34. The van der Waals surface area contributed by atoms with Gasteiger partial charge in [-0.05, 0) is 40.1 Å². The van der Waals surface area contributed by atoms with E-state index in [1.54, 1.807) is 0 Å². The van der Waals surface area contributed by atoms with E-state index in [4.69, 9.17) is 0 Å². The zero-order valence-electron chi connectivity index (χ0n) is 9.00. The fraction of sp³-hybridized carbons (Fsp3) is 0.0667. The average molecular weight is 271 g/mol. The van der Waals surface area contributed by atoms with E-state index in [9.17, 15) is 0 Å². The predicted octanol–water partition coefficient (Wildman–Crippen LogP) is 5.06. The van der Waals surface area contributed by atoms with E-state index >= 15 is 0 Å². The second kappa shape index (κ2) is 3.60. The van der Waals surface area contributed by atoms with Crippen molar-refractivity contribution in [2.75, 3.05) is 0 Å². The molecule has 0 saturated carbocycles. The van der Waals surface area contributed by atoms with E-state index < -0.39 is 0 Å². The molecule has 0 aromatic heterocycles. The molecule has 0 atom stereocenters. The van der Waals surface area contributed by atoms with Crippen LogP contribution in [0.2, 0.25) is 0 Å². The van der Waals surface area contributed by atoms with Crippen molar-refractivity contribution in [3.63, 3.8) is 0 Å². The van der Waals surface area contributed by atoms with Crippen LogP contribution in [-0.2, 0) is 0 Å². The molecular weight excluding hydrogens is 260 g/mol. The second-order valence-corrected chi connectivity index (χ2v) is 4.93. The van der Waals surface area contributed by atoms with E-state index in [-0.39, 0.29) is 0 Å². The van der Waals surface area contributed by atoms with Gasteiger partial charge in [-0.25, -0.2) is 0 Å². The van der Waals surface area contributed by atoms with Gasteiger partial charge in [-0.1, -0.05) is 58.4 Å². The molecule has 1 heteroatoms. The van der Waals surface area contributed by atoms with Gasteiger partial charge in [0.2, 0.25) is 0 Å². The number of aryl methyl sites for hydroxylation is 1. The first-order valence-corrected chi connectivity index (χ1v) is 6.13. The second-order valence-electron chi connectivity index (χ2n) is 4.08. The van der Waals surface area contributed by atoms with Gasteiger partial charge >= 0.3 is 0 Å². The van der Waals surface area contributed by atoms with Crippen LogP contribution >= 0.6 is 15.9 Å². The predicted molar refractivity (Wildman–Crippen MR) is 73.9 cm³/mol. The number of hydrogen-bond donors (Lipinski definition) is 0. The maximum Gasteiger partial charge on any atom is 0.0256 e. The summed E-state index contributed by atoms with van der Waals surface area (Å²) in [6.07, 6.45) is 0. The Labute approximate surface area is 103 Å². The molecule has 78 valence electrons. The van der Waals surface area contributed by atoms with Gasteiger partial charge in [0.1, 0.15) is 0 Å². The van der Waals surface area contributed by atoms with E-state index in [1.165, 1.54) is 31.6 Å². The Morgan fingerprint density at radius 3 is 2.50 bits per heavy atom. The van der Waals surface area contributed by atoms with E-state index in [2.05, 4.69) is 71.4 Å². The molecule has 0 aliphatic carbocycles. The molecule has 0 fully saturated rings. The van der Waals surface area contributed by atoms with E-state index in [1.807, 2.05) is 0 Å². The van der Waals surface area contributed by atoms with Crippen molar-refractivity contribution < 1.29 is 0 Å². The monoisotopic (exact) mass is 270 g/mol. The lowest BCUT2D eigenvalue weighted by Gasteiger charge is -2.08. The lowest BCUT2D eigenvalue weighted by Crippen LogP contribution is -1.83. The molecule has 0 nitrogen and oxygen atoms in total. The largest absolute Gasteiger partial charge is 0.0616 e. The van der Waals surface area contributed by atoms with Crippen LogP contribution in [0.1, 0.15) is 5.56 Å². The molecule has 3 rings (SSSR count). The van der Waals surface area contributed by atoms with Crippen molar-refractivity contribution in [3.05, 3.63) is 58.6 Å². The highest BCUT2D eigenvalue weighted by molar-refractivity contribution is 9.10. The van der Waals surface area contributed by atoms with Crippen molar-refractivity contribution in [2.45, 2.75) is 6.92 Å². The number of fused-ring (bicyclic) bond motifs is 3. The lowest BCUT2D eigenvalue weighted by atomic mass is 9.98. The Hall–Kier alpha value is -1.34. The molecule has 0 aliphatic heterocycles. The van der Waals surface area contributed by atoms with Crippen LogP contribution in [0.5, 0.6) is 0 Å². The third-order valence-corrected chi connectivity index (χ3v) is 3.69. The van der Waals surface area contributed by atoms with Crippen molar-refractivity contribution in [3.8, 4) is 0 Å². The van der Waals surface area contributed by atoms with Gasteiger partial charge in [0.15, 0.2) is 0 Å². The fourth-order valence-electron chi connectivity index (χ4n) is 2.32. The Balaban J connectivity index is 2.65. The molecule has 16 heavy (non-hydrogen) atoms. The van der Waals surface area contributed by atoms with Gasteiger partial charge < -0.3 is 0 Å². The van der Waals surface area contributed by atoms with Gasteiger partial charge in [0.05, 0.1) is 0 Å². The van der Waals surface area contributed by atoms with Crippen molar-refractivity contribution in [2.24, 2.45) is 0 Å². The van der Waals surface area contributed by atoms with Crippen LogP contribution in [0.4, 0.5) is 0 Å². The molecule has 0 unspecified atom stereocenters. The summed E-state index contributed by atoms with van der Waals surface area (Å²) in [7, 11) is 0. The molecule has 0 radical (unpaired) electrons.